The number of guanidine groups is 1. The highest BCUT2D eigenvalue weighted by molar-refractivity contribution is 8.26. The van der Waals surface area contributed by atoms with Gasteiger partial charge in [0.05, 0.1) is 18.6 Å². The molecule has 1 saturated heterocycles. The van der Waals surface area contributed by atoms with Crippen molar-refractivity contribution in [2.45, 2.75) is 51.7 Å². The lowest BCUT2D eigenvalue weighted by Crippen LogP contribution is -2.45. The van der Waals surface area contributed by atoms with Gasteiger partial charge in [0.2, 0.25) is 5.96 Å². The van der Waals surface area contributed by atoms with Crippen LogP contribution in [0.1, 0.15) is 38.3 Å². The highest BCUT2D eigenvalue weighted by Gasteiger charge is 2.37. The number of thioether (sulfide) groups is 1. The van der Waals surface area contributed by atoms with E-state index in [1.165, 1.54) is 5.56 Å². The van der Waals surface area contributed by atoms with Crippen molar-refractivity contribution in [2.75, 3.05) is 53.9 Å². The Bertz CT molecular complexity index is 1180. The minimum absolute atomic E-state index is 0.0357. The number of nitrogens with zero attached hydrogens (tertiary/aromatic N) is 7. The second-order valence-corrected chi connectivity index (χ2v) is 12.3. The summed E-state index contributed by atoms with van der Waals surface area (Å²) in [5.41, 5.74) is 3.03. The highest BCUT2D eigenvalue weighted by Crippen LogP contribution is 2.30. The van der Waals surface area contributed by atoms with E-state index >= 15 is 0 Å². The molecule has 1 fully saturated rings. The molecule has 0 radical (unpaired) electrons. The zero-order valence-corrected chi connectivity index (χ0v) is 25.1. The van der Waals surface area contributed by atoms with Crippen LogP contribution in [0.15, 0.2) is 33.2 Å². The fourth-order valence-electron chi connectivity index (χ4n) is 4.34. The number of aryl methyl sites for hydroxylation is 1. The third kappa shape index (κ3) is 7.98. The molecule has 0 spiro atoms. The van der Waals surface area contributed by atoms with Gasteiger partial charge in [-0.1, -0.05) is 32.9 Å². The van der Waals surface area contributed by atoms with E-state index in [0.717, 1.165) is 11.3 Å². The van der Waals surface area contributed by atoms with E-state index in [-0.39, 0.29) is 28.4 Å². The van der Waals surface area contributed by atoms with E-state index in [1.54, 1.807) is 11.2 Å². The molecular weight excluding hydrogens is 539 g/mol. The molecule has 13 heteroatoms. The maximum atomic E-state index is 12.8. The monoisotopic (exact) mass is 579 g/mol. The van der Waals surface area contributed by atoms with Crippen LogP contribution in [0.2, 0.25) is 0 Å². The van der Waals surface area contributed by atoms with Crippen molar-refractivity contribution < 1.29 is 13.2 Å². The Morgan fingerprint density at radius 1 is 1.07 bits per heavy atom. The number of likely N-dealkylation sites (N-methyl/N-ethyl adjacent to an activating group) is 1. The minimum Gasteiger partial charge on any atom is -0.354 e. The third-order valence-electron chi connectivity index (χ3n) is 6.78. The minimum atomic E-state index is -4.75. The summed E-state index contributed by atoms with van der Waals surface area (Å²) in [6, 6.07) is 6.18. The lowest BCUT2D eigenvalue weighted by atomic mass is 9.86. The van der Waals surface area contributed by atoms with E-state index in [9.17, 15) is 13.2 Å². The molecule has 0 saturated carbocycles. The number of rotatable bonds is 2. The number of nitrogens with one attached hydrogen (secondary N) is 2. The van der Waals surface area contributed by atoms with Gasteiger partial charge >= 0.3 is 6.18 Å². The summed E-state index contributed by atoms with van der Waals surface area (Å²) in [4.78, 5) is 22.2. The smallest absolute Gasteiger partial charge is 0.354 e. The summed E-state index contributed by atoms with van der Waals surface area (Å²) in [7, 11) is 5.76. The Morgan fingerprint density at radius 3 is 2.30 bits per heavy atom. The van der Waals surface area contributed by atoms with Crippen molar-refractivity contribution in [2.24, 2.45) is 15.0 Å². The van der Waals surface area contributed by atoms with Gasteiger partial charge in [-0.25, -0.2) is 4.99 Å². The molecule has 2 N–H and O–H groups in total. The van der Waals surface area contributed by atoms with Crippen LogP contribution < -0.4 is 0 Å². The van der Waals surface area contributed by atoms with Gasteiger partial charge in [0.25, 0.3) is 0 Å². The van der Waals surface area contributed by atoms with Gasteiger partial charge in [-0.15, -0.1) is 0 Å². The second-order valence-electron chi connectivity index (χ2n) is 11.3. The third-order valence-corrected chi connectivity index (χ3v) is 7.67. The Hall–Kier alpha value is -3.09. The molecule has 1 aromatic carbocycles. The quantitative estimate of drug-likeness (QED) is 0.388. The number of halogens is 3. The summed E-state index contributed by atoms with van der Waals surface area (Å²) < 4.78 is 38.5. The van der Waals surface area contributed by atoms with Crippen LogP contribution in [0.4, 0.5) is 18.9 Å². The summed E-state index contributed by atoms with van der Waals surface area (Å²) in [6.07, 6.45) is -2.34. The van der Waals surface area contributed by atoms with Crippen LogP contribution in [0.25, 0.3) is 0 Å². The van der Waals surface area contributed by atoms with E-state index in [1.807, 2.05) is 37.9 Å². The molecule has 0 aliphatic carbocycles. The van der Waals surface area contributed by atoms with Crippen molar-refractivity contribution in [1.29, 1.82) is 10.8 Å². The van der Waals surface area contributed by atoms with Crippen LogP contribution >= 0.6 is 11.8 Å². The molecule has 1 atom stereocenters. The molecule has 1 unspecified atom stereocenters. The van der Waals surface area contributed by atoms with Gasteiger partial charge in [0, 0.05) is 47.3 Å². The van der Waals surface area contributed by atoms with E-state index in [4.69, 9.17) is 20.8 Å². The molecule has 40 heavy (non-hydrogen) atoms. The number of hydrogen-bond donors (Lipinski definition) is 2. The first-order valence-corrected chi connectivity index (χ1v) is 14.0. The maximum absolute atomic E-state index is 12.8. The van der Waals surface area contributed by atoms with E-state index in [2.05, 4.69) is 48.9 Å². The molecule has 3 rings (SSSR count). The first-order valence-electron chi connectivity index (χ1n) is 13.2. The van der Waals surface area contributed by atoms with Gasteiger partial charge in [0.15, 0.2) is 16.0 Å². The zero-order valence-electron chi connectivity index (χ0n) is 24.3. The molecule has 2 heterocycles. The van der Waals surface area contributed by atoms with Crippen molar-refractivity contribution in [3.8, 4) is 0 Å². The molecule has 220 valence electrons. The van der Waals surface area contributed by atoms with Crippen LogP contribution in [-0.2, 0) is 5.41 Å². The average molecular weight is 580 g/mol. The van der Waals surface area contributed by atoms with Crippen LogP contribution in [0.3, 0.4) is 0 Å². The Kier molecular flexibility index (Phi) is 9.91. The molecule has 2 aliphatic heterocycles. The summed E-state index contributed by atoms with van der Waals surface area (Å²) in [5, 5.41) is 13.6. The lowest BCUT2D eigenvalue weighted by Gasteiger charge is -2.30. The summed E-state index contributed by atoms with van der Waals surface area (Å²) >= 11 is 0.141. The molecule has 9 nitrogen and oxygen atoms in total. The van der Waals surface area contributed by atoms with Gasteiger partial charge in [-0.3, -0.25) is 15.8 Å². The number of aliphatic imine (C=N–C) groups is 3. The van der Waals surface area contributed by atoms with Crippen LogP contribution in [0.5, 0.6) is 0 Å². The van der Waals surface area contributed by atoms with E-state index in [0.29, 0.717) is 50.9 Å². The fourth-order valence-corrected chi connectivity index (χ4v) is 4.96. The van der Waals surface area contributed by atoms with Gasteiger partial charge in [0.1, 0.15) is 6.04 Å². The van der Waals surface area contributed by atoms with Gasteiger partial charge < -0.3 is 19.6 Å². The number of hydrogen-bond acceptors (Lipinski definition) is 6. The molecular formula is C27H40F3N9S. The lowest BCUT2D eigenvalue weighted by molar-refractivity contribution is -0.0560. The number of benzene rings is 1. The number of alkyl halides is 3. The first-order chi connectivity index (χ1) is 18.6. The zero-order chi connectivity index (χ0) is 29.8. The molecule has 0 aromatic heterocycles. The maximum Gasteiger partial charge on any atom is 0.439 e. The van der Waals surface area contributed by atoms with Gasteiger partial charge in [-0.2, -0.15) is 18.2 Å². The molecule has 2 aliphatic rings. The van der Waals surface area contributed by atoms with Gasteiger partial charge in [-0.05, 0) is 47.7 Å². The summed E-state index contributed by atoms with van der Waals surface area (Å²) in [5.74, 6) is 1.31. The molecule has 1 aromatic rings. The predicted molar refractivity (Wildman–Crippen MR) is 160 cm³/mol. The van der Waals surface area contributed by atoms with Crippen molar-refractivity contribution >= 4 is 45.8 Å². The SMILES string of the molecule is Cc1ccc(C(C)(C)C)cc1N=C(N=C(N(C)C)N1CCCN(C(=N)SC(=N)C(F)(F)F)CC1)C1CN=CN1C. The second kappa shape index (κ2) is 12.6. The van der Waals surface area contributed by atoms with Crippen molar-refractivity contribution in [1.82, 2.24) is 19.6 Å². The average Bonchev–Trinajstić information content (AvgIpc) is 3.12. The fraction of sp³-hybridized carbons (Fsp3) is 0.593. The normalized spacial score (nSPS) is 19.2. The predicted octanol–water partition coefficient (Wildman–Crippen LogP) is 4.80. The largest absolute Gasteiger partial charge is 0.439 e. The van der Waals surface area contributed by atoms with Crippen LogP contribution in [0, 0.1) is 17.7 Å². The summed E-state index contributed by atoms with van der Waals surface area (Å²) in [6.45, 7) is 10.9. The first kappa shape index (κ1) is 31.4. The highest BCUT2D eigenvalue weighted by atomic mass is 32.2. The standard InChI is InChI=1S/C27H40F3N9S/c1-18-9-10-19(26(2,3)4)15-20(18)34-22(21-16-33-17-37(21)7)35-25(36(5)6)39-12-8-11-38(13-14-39)24(32)40-23(31)27(28,29)30/h9-10,15,17,21,31-32H,8,11-14,16H2,1-7H3. The van der Waals surface area contributed by atoms with Crippen LogP contribution in [-0.4, -0.2) is 114 Å². The molecule has 0 bridgehead atoms. The van der Waals surface area contributed by atoms with Crippen molar-refractivity contribution in [3.63, 3.8) is 0 Å². The Labute approximate surface area is 239 Å². The van der Waals surface area contributed by atoms with E-state index < -0.39 is 11.2 Å². The topological polar surface area (TPSA) is 97.7 Å². The molecule has 0 amide bonds. The number of amidine groups is 2. The Morgan fingerprint density at radius 2 is 1.73 bits per heavy atom. The van der Waals surface area contributed by atoms with Crippen molar-refractivity contribution in [3.05, 3.63) is 29.3 Å². The Balaban J connectivity index is 1.92.